The summed E-state index contributed by atoms with van der Waals surface area (Å²) >= 11 is 0. The third-order valence-electron chi connectivity index (χ3n) is 3.08. The first-order valence-corrected chi connectivity index (χ1v) is 6.61. The molecule has 0 unspecified atom stereocenters. The minimum Gasteiger partial charge on any atom is -0.497 e. The molecule has 5 heteroatoms. The van der Waals surface area contributed by atoms with Crippen molar-refractivity contribution < 1.29 is 14.6 Å². The Kier molecular flexibility index (Phi) is 4.40. The molecule has 2 rings (SSSR count). The largest absolute Gasteiger partial charge is 0.497 e. The van der Waals surface area contributed by atoms with Crippen molar-refractivity contribution >= 4 is 5.97 Å². The van der Waals surface area contributed by atoms with Crippen LogP contribution in [-0.4, -0.2) is 28.0 Å². The fourth-order valence-corrected chi connectivity index (χ4v) is 2.00. The highest BCUT2D eigenvalue weighted by molar-refractivity contribution is 5.94. The summed E-state index contributed by atoms with van der Waals surface area (Å²) in [6.07, 6.45) is 3.60. The van der Waals surface area contributed by atoms with E-state index in [-0.39, 0.29) is 5.56 Å². The third-order valence-corrected chi connectivity index (χ3v) is 3.08. The molecule has 20 heavy (non-hydrogen) atoms. The van der Waals surface area contributed by atoms with Gasteiger partial charge < -0.3 is 9.84 Å². The SMILES string of the molecule is CCCCn1cc(C(=O)O)c(-c2cccc(OC)c2)n1. The van der Waals surface area contributed by atoms with E-state index < -0.39 is 5.97 Å². The first-order valence-electron chi connectivity index (χ1n) is 6.61. The van der Waals surface area contributed by atoms with Crippen molar-refractivity contribution in [1.29, 1.82) is 0 Å². The van der Waals surface area contributed by atoms with Crippen LogP contribution in [-0.2, 0) is 6.54 Å². The number of hydrogen-bond donors (Lipinski definition) is 1. The summed E-state index contributed by atoms with van der Waals surface area (Å²) < 4.78 is 6.86. The van der Waals surface area contributed by atoms with Crippen molar-refractivity contribution in [2.75, 3.05) is 7.11 Å². The summed E-state index contributed by atoms with van der Waals surface area (Å²) in [5.41, 5.74) is 1.44. The van der Waals surface area contributed by atoms with E-state index in [9.17, 15) is 9.90 Å². The second-order valence-electron chi connectivity index (χ2n) is 4.55. The van der Waals surface area contributed by atoms with Crippen molar-refractivity contribution in [2.45, 2.75) is 26.3 Å². The molecule has 2 aromatic rings. The molecule has 0 aliphatic heterocycles. The summed E-state index contributed by atoms with van der Waals surface area (Å²) in [5, 5.41) is 13.7. The van der Waals surface area contributed by atoms with Crippen LogP contribution in [0.15, 0.2) is 30.5 Å². The molecule has 106 valence electrons. The Morgan fingerprint density at radius 3 is 2.90 bits per heavy atom. The first kappa shape index (κ1) is 14.1. The van der Waals surface area contributed by atoms with Crippen molar-refractivity contribution in [2.24, 2.45) is 0 Å². The van der Waals surface area contributed by atoms with Crippen LogP contribution < -0.4 is 4.74 Å². The highest BCUT2D eigenvalue weighted by atomic mass is 16.5. The normalized spacial score (nSPS) is 10.5. The van der Waals surface area contributed by atoms with Gasteiger partial charge in [0.05, 0.1) is 7.11 Å². The van der Waals surface area contributed by atoms with E-state index in [1.807, 2.05) is 18.2 Å². The number of rotatable bonds is 6. The molecule has 5 nitrogen and oxygen atoms in total. The molecule has 1 aromatic heterocycles. The summed E-state index contributed by atoms with van der Waals surface area (Å²) in [6.45, 7) is 2.81. The predicted molar refractivity (Wildman–Crippen MR) is 76.1 cm³/mol. The molecule has 0 aliphatic rings. The first-order chi connectivity index (χ1) is 9.65. The highest BCUT2D eigenvalue weighted by Crippen LogP contribution is 2.25. The molecule has 0 atom stereocenters. The number of aryl methyl sites for hydroxylation is 1. The number of benzene rings is 1. The van der Waals surface area contributed by atoms with Crippen molar-refractivity contribution in [3.63, 3.8) is 0 Å². The van der Waals surface area contributed by atoms with Gasteiger partial charge in [0, 0.05) is 18.3 Å². The fraction of sp³-hybridized carbons (Fsp3) is 0.333. The Bertz CT molecular complexity index is 605. The second kappa shape index (κ2) is 6.23. The lowest BCUT2D eigenvalue weighted by molar-refractivity contribution is 0.0697. The van der Waals surface area contributed by atoms with Gasteiger partial charge in [-0.15, -0.1) is 0 Å². The van der Waals surface area contributed by atoms with Crippen LogP contribution in [0.2, 0.25) is 0 Å². The molecular weight excluding hydrogens is 256 g/mol. The maximum Gasteiger partial charge on any atom is 0.339 e. The van der Waals surface area contributed by atoms with Gasteiger partial charge in [-0.25, -0.2) is 4.79 Å². The third kappa shape index (κ3) is 2.99. The van der Waals surface area contributed by atoms with Crippen LogP contribution in [0.25, 0.3) is 11.3 Å². The lowest BCUT2D eigenvalue weighted by atomic mass is 10.1. The maximum absolute atomic E-state index is 11.4. The van der Waals surface area contributed by atoms with Gasteiger partial charge in [-0.3, -0.25) is 4.68 Å². The number of methoxy groups -OCH3 is 1. The molecule has 1 heterocycles. The van der Waals surface area contributed by atoms with Crippen LogP contribution in [0.1, 0.15) is 30.1 Å². The summed E-state index contributed by atoms with van der Waals surface area (Å²) in [4.78, 5) is 11.4. The number of carbonyl (C=O) groups is 1. The zero-order chi connectivity index (χ0) is 14.5. The van der Waals surface area contributed by atoms with Gasteiger partial charge in [-0.2, -0.15) is 5.10 Å². The Labute approximate surface area is 117 Å². The Balaban J connectivity index is 2.42. The topological polar surface area (TPSA) is 64.4 Å². The van der Waals surface area contributed by atoms with Gasteiger partial charge in [-0.05, 0) is 18.6 Å². The van der Waals surface area contributed by atoms with Gasteiger partial charge in [0.2, 0.25) is 0 Å². The van der Waals surface area contributed by atoms with Gasteiger partial charge in [-0.1, -0.05) is 25.5 Å². The molecule has 0 aliphatic carbocycles. The molecule has 0 saturated heterocycles. The van der Waals surface area contributed by atoms with Crippen LogP contribution in [0, 0.1) is 0 Å². The summed E-state index contributed by atoms with van der Waals surface area (Å²) in [5.74, 6) is -0.285. The number of aromatic carboxylic acids is 1. The van der Waals surface area contributed by atoms with Crippen LogP contribution in [0.5, 0.6) is 5.75 Å². The molecule has 0 spiro atoms. The number of carboxylic acid groups (broad SMARTS) is 1. The van der Waals surface area contributed by atoms with E-state index >= 15 is 0 Å². The number of carboxylic acids is 1. The Morgan fingerprint density at radius 2 is 2.25 bits per heavy atom. The zero-order valence-corrected chi connectivity index (χ0v) is 11.7. The van der Waals surface area contributed by atoms with Gasteiger partial charge in [0.25, 0.3) is 0 Å². The molecule has 0 fully saturated rings. The molecule has 0 radical (unpaired) electrons. The average molecular weight is 274 g/mol. The molecule has 1 aromatic carbocycles. The van der Waals surface area contributed by atoms with E-state index in [2.05, 4.69) is 12.0 Å². The minimum atomic E-state index is -0.967. The van der Waals surface area contributed by atoms with Gasteiger partial charge in [0.1, 0.15) is 17.0 Å². The molecule has 0 bridgehead atoms. The highest BCUT2D eigenvalue weighted by Gasteiger charge is 2.17. The number of aromatic nitrogens is 2. The number of hydrogen-bond acceptors (Lipinski definition) is 3. The second-order valence-corrected chi connectivity index (χ2v) is 4.55. The standard InChI is InChI=1S/C15H18N2O3/c1-3-4-8-17-10-13(15(18)19)14(16-17)11-6-5-7-12(9-11)20-2/h5-7,9-10H,3-4,8H2,1-2H3,(H,18,19). The molecule has 0 saturated carbocycles. The number of nitrogens with zero attached hydrogens (tertiary/aromatic N) is 2. The van der Waals surface area contributed by atoms with E-state index in [0.717, 1.165) is 24.9 Å². The molecule has 0 amide bonds. The monoisotopic (exact) mass is 274 g/mol. The fourth-order valence-electron chi connectivity index (χ4n) is 2.00. The van der Waals surface area contributed by atoms with Crippen molar-refractivity contribution in [1.82, 2.24) is 9.78 Å². The van der Waals surface area contributed by atoms with Gasteiger partial charge >= 0.3 is 5.97 Å². The summed E-state index contributed by atoms with van der Waals surface area (Å²) in [6, 6.07) is 7.27. The summed E-state index contributed by atoms with van der Waals surface area (Å²) in [7, 11) is 1.58. The Hall–Kier alpha value is -2.30. The smallest absolute Gasteiger partial charge is 0.339 e. The van der Waals surface area contributed by atoms with Crippen molar-refractivity contribution in [3.8, 4) is 17.0 Å². The van der Waals surface area contributed by atoms with E-state index in [1.165, 1.54) is 0 Å². The lowest BCUT2D eigenvalue weighted by Crippen LogP contribution is -1.98. The average Bonchev–Trinajstić information content (AvgIpc) is 2.89. The molecule has 1 N–H and O–H groups in total. The van der Waals surface area contributed by atoms with Crippen LogP contribution in [0.4, 0.5) is 0 Å². The van der Waals surface area contributed by atoms with Crippen molar-refractivity contribution in [3.05, 3.63) is 36.0 Å². The lowest BCUT2D eigenvalue weighted by Gasteiger charge is -2.03. The minimum absolute atomic E-state index is 0.217. The van der Waals surface area contributed by atoms with E-state index in [1.54, 1.807) is 24.1 Å². The Morgan fingerprint density at radius 1 is 1.45 bits per heavy atom. The predicted octanol–water partition coefficient (Wildman–Crippen LogP) is 3.06. The molecular formula is C15H18N2O3. The maximum atomic E-state index is 11.4. The van der Waals surface area contributed by atoms with Crippen LogP contribution >= 0.6 is 0 Å². The van der Waals surface area contributed by atoms with E-state index in [4.69, 9.17) is 4.74 Å². The van der Waals surface area contributed by atoms with Crippen LogP contribution in [0.3, 0.4) is 0 Å². The number of unbranched alkanes of at least 4 members (excludes halogenated alkanes) is 1. The quantitative estimate of drug-likeness (QED) is 0.879. The van der Waals surface area contributed by atoms with Gasteiger partial charge in [0.15, 0.2) is 0 Å². The zero-order valence-electron chi connectivity index (χ0n) is 11.7. The van der Waals surface area contributed by atoms with E-state index in [0.29, 0.717) is 11.4 Å². The number of ether oxygens (including phenoxy) is 1.